The van der Waals surface area contributed by atoms with Crippen molar-refractivity contribution in [1.29, 1.82) is 0 Å². The van der Waals surface area contributed by atoms with Gasteiger partial charge in [-0.2, -0.15) is 0 Å². The number of halogens is 2. The van der Waals surface area contributed by atoms with E-state index in [0.717, 1.165) is 12.6 Å². The van der Waals surface area contributed by atoms with Crippen molar-refractivity contribution in [3.8, 4) is 0 Å². The van der Waals surface area contributed by atoms with Crippen LogP contribution in [0, 0.1) is 11.6 Å². The summed E-state index contributed by atoms with van der Waals surface area (Å²) >= 11 is 0. The molecule has 0 spiro atoms. The van der Waals surface area contributed by atoms with E-state index in [0.29, 0.717) is 18.0 Å². The van der Waals surface area contributed by atoms with Gasteiger partial charge in [-0.3, -0.25) is 0 Å². The summed E-state index contributed by atoms with van der Waals surface area (Å²) < 4.78 is 26.2. The molecule has 0 unspecified atom stereocenters. The van der Waals surface area contributed by atoms with Gasteiger partial charge >= 0.3 is 0 Å². The van der Waals surface area contributed by atoms with Gasteiger partial charge in [0.15, 0.2) is 0 Å². The fourth-order valence-electron chi connectivity index (χ4n) is 2.62. The quantitative estimate of drug-likeness (QED) is 0.804. The van der Waals surface area contributed by atoms with Crippen molar-refractivity contribution in [2.45, 2.75) is 51.0 Å². The summed E-state index contributed by atoms with van der Waals surface area (Å²) in [6, 6.07) is 4.40. The molecule has 1 aliphatic rings. The first kappa shape index (κ1) is 13.5. The molecule has 1 N–H and O–H groups in total. The van der Waals surface area contributed by atoms with Crippen LogP contribution in [0.15, 0.2) is 18.2 Å². The lowest BCUT2D eigenvalue weighted by atomic mass is 10.1. The molecule has 0 heterocycles. The Kier molecular flexibility index (Phi) is 5.12. The Morgan fingerprint density at radius 3 is 2.44 bits per heavy atom. The first-order chi connectivity index (χ1) is 8.75. The van der Waals surface area contributed by atoms with Crippen molar-refractivity contribution in [3.63, 3.8) is 0 Å². The van der Waals surface area contributed by atoms with Gasteiger partial charge in [0.2, 0.25) is 0 Å². The van der Waals surface area contributed by atoms with Crippen LogP contribution in [-0.4, -0.2) is 12.6 Å². The lowest BCUT2D eigenvalue weighted by molar-refractivity contribution is 0.460. The van der Waals surface area contributed by atoms with Crippen LogP contribution in [0.5, 0.6) is 0 Å². The van der Waals surface area contributed by atoms with Gasteiger partial charge in [-0.05, 0) is 37.4 Å². The number of benzene rings is 1. The number of nitrogens with one attached hydrogen (secondary N) is 1. The van der Waals surface area contributed by atoms with Gasteiger partial charge in [0.05, 0.1) is 0 Å². The highest BCUT2D eigenvalue weighted by Crippen LogP contribution is 2.17. The Morgan fingerprint density at radius 2 is 1.78 bits per heavy atom. The van der Waals surface area contributed by atoms with E-state index in [2.05, 4.69) is 5.32 Å². The summed E-state index contributed by atoms with van der Waals surface area (Å²) in [4.78, 5) is 0. The van der Waals surface area contributed by atoms with E-state index in [1.165, 1.54) is 44.6 Å². The molecule has 1 aromatic carbocycles. The van der Waals surface area contributed by atoms with E-state index in [1.54, 1.807) is 6.07 Å². The van der Waals surface area contributed by atoms with Crippen LogP contribution < -0.4 is 5.32 Å². The molecule has 0 aromatic heterocycles. The summed E-state index contributed by atoms with van der Waals surface area (Å²) in [6.45, 7) is 0.771. The molecule has 18 heavy (non-hydrogen) atoms. The maximum absolute atomic E-state index is 13.4. The van der Waals surface area contributed by atoms with E-state index >= 15 is 0 Å². The highest BCUT2D eigenvalue weighted by Gasteiger charge is 2.11. The Bertz CT molecular complexity index is 371. The van der Waals surface area contributed by atoms with Crippen LogP contribution in [0.3, 0.4) is 0 Å². The van der Waals surface area contributed by atoms with Crippen molar-refractivity contribution in [1.82, 2.24) is 5.32 Å². The van der Waals surface area contributed by atoms with Crippen molar-refractivity contribution in [3.05, 3.63) is 35.4 Å². The van der Waals surface area contributed by atoms with Gasteiger partial charge in [0, 0.05) is 12.1 Å². The molecule has 0 aliphatic heterocycles. The molecule has 0 radical (unpaired) electrons. The topological polar surface area (TPSA) is 12.0 Å². The zero-order valence-electron chi connectivity index (χ0n) is 10.7. The molecule has 1 aliphatic carbocycles. The lowest BCUT2D eigenvalue weighted by Gasteiger charge is -2.16. The van der Waals surface area contributed by atoms with Crippen molar-refractivity contribution >= 4 is 0 Å². The third-order valence-corrected chi connectivity index (χ3v) is 3.70. The molecular formula is C15H21F2N. The SMILES string of the molecule is Fc1ccc(CCNC2CCCCCC2)c(F)c1. The second-order valence-electron chi connectivity index (χ2n) is 5.13. The van der Waals surface area contributed by atoms with Crippen LogP contribution in [0.2, 0.25) is 0 Å². The van der Waals surface area contributed by atoms with E-state index in [-0.39, 0.29) is 0 Å². The molecule has 1 fully saturated rings. The van der Waals surface area contributed by atoms with E-state index in [9.17, 15) is 8.78 Å². The summed E-state index contributed by atoms with van der Waals surface area (Å²) in [5, 5.41) is 3.49. The standard InChI is InChI=1S/C15H21F2N/c16-13-8-7-12(15(17)11-13)9-10-18-14-5-3-1-2-4-6-14/h7-8,11,14,18H,1-6,9-10H2. The predicted molar refractivity (Wildman–Crippen MR) is 69.6 cm³/mol. The summed E-state index contributed by atoms with van der Waals surface area (Å²) in [5.74, 6) is -0.939. The van der Waals surface area contributed by atoms with Gasteiger partial charge in [-0.15, -0.1) is 0 Å². The second-order valence-corrected chi connectivity index (χ2v) is 5.13. The molecule has 0 bridgehead atoms. The minimum absolute atomic E-state index is 0.433. The predicted octanol–water partition coefficient (Wildman–Crippen LogP) is 3.82. The normalized spacial score (nSPS) is 17.7. The van der Waals surface area contributed by atoms with Crippen LogP contribution in [0.4, 0.5) is 8.78 Å². The van der Waals surface area contributed by atoms with Gasteiger partial charge in [0.1, 0.15) is 11.6 Å². The Morgan fingerprint density at radius 1 is 1.06 bits per heavy atom. The van der Waals surface area contributed by atoms with Gasteiger partial charge in [-0.25, -0.2) is 8.78 Å². The van der Waals surface area contributed by atoms with Crippen LogP contribution in [-0.2, 0) is 6.42 Å². The van der Waals surface area contributed by atoms with Gasteiger partial charge < -0.3 is 5.32 Å². The monoisotopic (exact) mass is 253 g/mol. The second kappa shape index (κ2) is 6.83. The molecule has 1 saturated carbocycles. The average molecular weight is 253 g/mol. The Hall–Kier alpha value is -0.960. The molecule has 3 heteroatoms. The molecular weight excluding hydrogens is 232 g/mol. The molecule has 1 aromatic rings. The van der Waals surface area contributed by atoms with Crippen LogP contribution in [0.25, 0.3) is 0 Å². The highest BCUT2D eigenvalue weighted by molar-refractivity contribution is 5.18. The molecule has 0 saturated heterocycles. The van der Waals surface area contributed by atoms with Crippen molar-refractivity contribution in [2.24, 2.45) is 0 Å². The minimum atomic E-state index is -0.507. The largest absolute Gasteiger partial charge is 0.314 e. The molecule has 2 rings (SSSR count). The van der Waals surface area contributed by atoms with Crippen molar-refractivity contribution in [2.75, 3.05) is 6.54 Å². The Labute approximate surface area is 108 Å². The Balaban J connectivity index is 1.77. The lowest BCUT2D eigenvalue weighted by Crippen LogP contribution is -2.30. The summed E-state index contributed by atoms with van der Waals surface area (Å²) in [7, 11) is 0. The molecule has 100 valence electrons. The van der Waals surface area contributed by atoms with E-state index < -0.39 is 11.6 Å². The minimum Gasteiger partial charge on any atom is -0.314 e. The van der Waals surface area contributed by atoms with Gasteiger partial charge in [-0.1, -0.05) is 31.7 Å². The summed E-state index contributed by atoms with van der Waals surface area (Å²) in [6.07, 6.45) is 8.35. The number of hydrogen-bond acceptors (Lipinski definition) is 1. The van der Waals surface area contributed by atoms with Crippen LogP contribution in [0.1, 0.15) is 44.1 Å². The third-order valence-electron chi connectivity index (χ3n) is 3.70. The van der Waals surface area contributed by atoms with E-state index in [4.69, 9.17) is 0 Å². The maximum atomic E-state index is 13.4. The number of hydrogen-bond donors (Lipinski definition) is 1. The fraction of sp³-hybridized carbons (Fsp3) is 0.600. The zero-order chi connectivity index (χ0) is 12.8. The highest BCUT2D eigenvalue weighted by atomic mass is 19.1. The average Bonchev–Trinajstić information content (AvgIpc) is 2.60. The molecule has 0 atom stereocenters. The first-order valence-electron chi connectivity index (χ1n) is 6.93. The smallest absolute Gasteiger partial charge is 0.129 e. The third kappa shape index (κ3) is 4.05. The maximum Gasteiger partial charge on any atom is 0.129 e. The van der Waals surface area contributed by atoms with E-state index in [1.807, 2.05) is 0 Å². The van der Waals surface area contributed by atoms with Crippen LogP contribution >= 0.6 is 0 Å². The number of rotatable bonds is 4. The van der Waals surface area contributed by atoms with Gasteiger partial charge in [0.25, 0.3) is 0 Å². The molecule has 1 nitrogen and oxygen atoms in total. The fourth-order valence-corrected chi connectivity index (χ4v) is 2.62. The zero-order valence-corrected chi connectivity index (χ0v) is 10.7. The van der Waals surface area contributed by atoms with Crippen molar-refractivity contribution < 1.29 is 8.78 Å². The first-order valence-corrected chi connectivity index (χ1v) is 6.93. The summed E-state index contributed by atoms with van der Waals surface area (Å²) in [5.41, 5.74) is 0.595. The molecule has 0 amide bonds.